The Morgan fingerprint density at radius 2 is 1.88 bits per heavy atom. The Hall–Kier alpha value is -2.27. The van der Waals surface area contributed by atoms with Gasteiger partial charge in [-0.05, 0) is 24.1 Å². The smallest absolute Gasteiger partial charge is 0.240 e. The second kappa shape index (κ2) is 8.21. The van der Waals surface area contributed by atoms with E-state index in [1.54, 1.807) is 4.90 Å². The van der Waals surface area contributed by atoms with Gasteiger partial charge in [-0.2, -0.15) is 0 Å². The maximum Gasteiger partial charge on any atom is 0.240 e. The number of rotatable bonds is 6. The average molecular weight is 354 g/mol. The normalized spacial score (nSPS) is 14.8. The molecule has 4 nitrogen and oxygen atoms in total. The molecule has 0 fully saturated rings. The molecule has 1 unspecified atom stereocenters. The highest BCUT2D eigenvalue weighted by Gasteiger charge is 2.26. The van der Waals surface area contributed by atoms with Gasteiger partial charge in [0.1, 0.15) is 6.54 Å². The van der Waals surface area contributed by atoms with E-state index in [4.69, 9.17) is 0 Å². The maximum absolute atomic E-state index is 12.4. The third kappa shape index (κ3) is 4.23. The molecule has 0 saturated carbocycles. The van der Waals surface area contributed by atoms with Gasteiger partial charge in [0.2, 0.25) is 11.8 Å². The second-order valence-electron chi connectivity index (χ2n) is 6.06. The Labute approximate surface area is 152 Å². The summed E-state index contributed by atoms with van der Waals surface area (Å²) < 4.78 is 0. The number of nitrogens with one attached hydrogen (secondary N) is 1. The largest absolute Gasteiger partial charge is 0.354 e. The lowest BCUT2D eigenvalue weighted by Gasteiger charge is -2.28. The van der Waals surface area contributed by atoms with Crippen molar-refractivity contribution in [2.45, 2.75) is 24.2 Å². The van der Waals surface area contributed by atoms with Crippen LogP contribution in [0.2, 0.25) is 0 Å². The number of fused-ring (bicyclic) bond motifs is 1. The second-order valence-corrected chi connectivity index (χ2v) is 7.07. The Morgan fingerprint density at radius 3 is 2.64 bits per heavy atom. The summed E-state index contributed by atoms with van der Waals surface area (Å²) in [5.74, 6) is 0.523. The van der Waals surface area contributed by atoms with Gasteiger partial charge in [-0.1, -0.05) is 49.4 Å². The third-order valence-electron chi connectivity index (χ3n) is 4.42. The maximum atomic E-state index is 12.4. The van der Waals surface area contributed by atoms with Gasteiger partial charge in [0.05, 0.1) is 11.4 Å². The van der Waals surface area contributed by atoms with Gasteiger partial charge in [-0.15, -0.1) is 11.8 Å². The molecule has 0 aliphatic carbocycles. The molecule has 0 saturated heterocycles. The molecule has 2 amide bonds. The Kier molecular flexibility index (Phi) is 5.76. The fourth-order valence-electron chi connectivity index (χ4n) is 2.99. The van der Waals surface area contributed by atoms with Gasteiger partial charge in [-0.3, -0.25) is 9.59 Å². The van der Waals surface area contributed by atoms with Crippen molar-refractivity contribution in [2.24, 2.45) is 0 Å². The standard InChI is InChI=1S/C20H22N2O2S/c1-2-15(16-8-4-3-5-9-16)12-21-19(23)13-22-17-10-6-7-11-18(17)25-14-20(22)24/h3-11,15H,2,12-14H2,1H3,(H,21,23). The zero-order valence-corrected chi connectivity index (χ0v) is 15.1. The van der Waals surface area contributed by atoms with E-state index in [-0.39, 0.29) is 24.3 Å². The van der Waals surface area contributed by atoms with Crippen LogP contribution in [0.5, 0.6) is 0 Å². The van der Waals surface area contributed by atoms with Crippen LogP contribution in [0.15, 0.2) is 59.5 Å². The van der Waals surface area contributed by atoms with E-state index in [2.05, 4.69) is 24.4 Å². The number of nitrogens with zero attached hydrogens (tertiary/aromatic N) is 1. The third-order valence-corrected chi connectivity index (χ3v) is 5.47. The van der Waals surface area contributed by atoms with Crippen molar-refractivity contribution >= 4 is 29.3 Å². The molecule has 0 bridgehead atoms. The molecule has 2 aromatic rings. The van der Waals surface area contributed by atoms with Crippen molar-refractivity contribution < 1.29 is 9.59 Å². The molecule has 1 N–H and O–H groups in total. The van der Waals surface area contributed by atoms with E-state index in [9.17, 15) is 9.59 Å². The summed E-state index contributed by atoms with van der Waals surface area (Å²) in [5, 5.41) is 2.99. The molecule has 0 spiro atoms. The van der Waals surface area contributed by atoms with Gasteiger partial charge in [0.15, 0.2) is 0 Å². The van der Waals surface area contributed by atoms with Crippen molar-refractivity contribution in [1.29, 1.82) is 0 Å². The number of hydrogen-bond acceptors (Lipinski definition) is 3. The van der Waals surface area contributed by atoms with Crippen molar-refractivity contribution in [1.82, 2.24) is 5.32 Å². The average Bonchev–Trinajstić information content (AvgIpc) is 2.65. The molecular formula is C20H22N2O2S. The monoisotopic (exact) mass is 354 g/mol. The zero-order chi connectivity index (χ0) is 17.6. The van der Waals surface area contributed by atoms with Gasteiger partial charge in [0, 0.05) is 17.4 Å². The van der Waals surface area contributed by atoms with Crippen molar-refractivity contribution in [3.05, 3.63) is 60.2 Å². The number of benzene rings is 2. The van der Waals surface area contributed by atoms with E-state index in [0.29, 0.717) is 12.3 Å². The van der Waals surface area contributed by atoms with E-state index >= 15 is 0 Å². The fraction of sp³-hybridized carbons (Fsp3) is 0.300. The van der Waals surface area contributed by atoms with Crippen LogP contribution in [0, 0.1) is 0 Å². The number of carbonyl (C=O) groups is 2. The number of anilines is 1. The van der Waals surface area contributed by atoms with Crippen LogP contribution in [0.1, 0.15) is 24.8 Å². The molecule has 1 aliphatic rings. The first-order valence-corrected chi connectivity index (χ1v) is 9.51. The van der Waals surface area contributed by atoms with Crippen LogP contribution >= 0.6 is 11.8 Å². The lowest BCUT2D eigenvalue weighted by Crippen LogP contribution is -2.44. The van der Waals surface area contributed by atoms with Crippen LogP contribution in [-0.2, 0) is 9.59 Å². The molecule has 130 valence electrons. The number of thioether (sulfide) groups is 1. The lowest BCUT2D eigenvalue weighted by molar-refractivity contribution is -0.123. The van der Waals surface area contributed by atoms with Crippen LogP contribution in [-0.4, -0.2) is 30.7 Å². The molecule has 25 heavy (non-hydrogen) atoms. The number of para-hydroxylation sites is 1. The molecule has 1 heterocycles. The molecular weight excluding hydrogens is 332 g/mol. The summed E-state index contributed by atoms with van der Waals surface area (Å²) in [5.41, 5.74) is 2.05. The Bertz CT molecular complexity index is 748. The molecule has 1 aliphatic heterocycles. The summed E-state index contributed by atoms with van der Waals surface area (Å²) in [6.45, 7) is 2.77. The summed E-state index contributed by atoms with van der Waals surface area (Å²) in [6, 6.07) is 17.9. The zero-order valence-electron chi connectivity index (χ0n) is 14.3. The minimum Gasteiger partial charge on any atom is -0.354 e. The Balaban J connectivity index is 1.62. The summed E-state index contributed by atoms with van der Waals surface area (Å²) in [6.07, 6.45) is 0.951. The first-order chi connectivity index (χ1) is 12.2. The SMILES string of the molecule is CCC(CNC(=O)CN1C(=O)CSc2ccccc21)c1ccccc1. The minimum atomic E-state index is -0.121. The number of amides is 2. The van der Waals surface area contributed by atoms with Crippen LogP contribution in [0.25, 0.3) is 0 Å². The highest BCUT2D eigenvalue weighted by Crippen LogP contribution is 2.34. The summed E-state index contributed by atoms with van der Waals surface area (Å²) in [4.78, 5) is 27.3. The minimum absolute atomic E-state index is 0.0195. The van der Waals surface area contributed by atoms with Crippen LogP contribution in [0.3, 0.4) is 0 Å². The van der Waals surface area contributed by atoms with Gasteiger partial charge < -0.3 is 10.2 Å². The summed E-state index contributed by atoms with van der Waals surface area (Å²) in [7, 11) is 0. The first kappa shape index (κ1) is 17.5. The topological polar surface area (TPSA) is 49.4 Å². The summed E-state index contributed by atoms with van der Waals surface area (Å²) >= 11 is 1.52. The quantitative estimate of drug-likeness (QED) is 0.864. The van der Waals surface area contributed by atoms with Crippen molar-refractivity contribution in [3.8, 4) is 0 Å². The lowest BCUT2D eigenvalue weighted by atomic mass is 9.96. The predicted octanol–water partition coefficient (Wildman–Crippen LogP) is 3.44. The molecule has 3 rings (SSSR count). The van der Waals surface area contributed by atoms with E-state index in [1.807, 2.05) is 42.5 Å². The van der Waals surface area contributed by atoms with Gasteiger partial charge in [-0.25, -0.2) is 0 Å². The van der Waals surface area contributed by atoms with Gasteiger partial charge in [0.25, 0.3) is 0 Å². The fourth-order valence-corrected chi connectivity index (χ4v) is 3.92. The predicted molar refractivity (Wildman–Crippen MR) is 102 cm³/mol. The van der Waals surface area contributed by atoms with Crippen molar-refractivity contribution in [3.63, 3.8) is 0 Å². The van der Waals surface area contributed by atoms with Crippen LogP contribution < -0.4 is 10.2 Å². The number of hydrogen-bond donors (Lipinski definition) is 1. The molecule has 2 aromatic carbocycles. The number of carbonyl (C=O) groups excluding carboxylic acids is 2. The molecule has 0 aromatic heterocycles. The van der Waals surface area contributed by atoms with Crippen LogP contribution in [0.4, 0.5) is 5.69 Å². The van der Waals surface area contributed by atoms with E-state index in [0.717, 1.165) is 17.0 Å². The van der Waals surface area contributed by atoms with E-state index < -0.39 is 0 Å². The van der Waals surface area contributed by atoms with Crippen molar-refractivity contribution in [2.75, 3.05) is 23.7 Å². The van der Waals surface area contributed by atoms with Gasteiger partial charge >= 0.3 is 0 Å². The van der Waals surface area contributed by atoms with E-state index in [1.165, 1.54) is 17.3 Å². The Morgan fingerprint density at radius 1 is 1.16 bits per heavy atom. The highest BCUT2D eigenvalue weighted by atomic mass is 32.2. The molecule has 0 radical (unpaired) electrons. The highest BCUT2D eigenvalue weighted by molar-refractivity contribution is 8.00. The molecule has 5 heteroatoms. The first-order valence-electron chi connectivity index (χ1n) is 8.53. The molecule has 1 atom stereocenters.